The van der Waals surface area contributed by atoms with Crippen molar-refractivity contribution in [2.24, 2.45) is 117 Å². The van der Waals surface area contributed by atoms with Crippen molar-refractivity contribution >= 4 is 0 Å². The molecule has 20 atom stereocenters. The first-order chi connectivity index (χ1) is 10.9. The Morgan fingerprint density at radius 3 is 1.86 bits per heavy atom. The summed E-state index contributed by atoms with van der Waals surface area (Å²) in [6, 6.07) is 0. The van der Waals surface area contributed by atoms with E-state index in [4.69, 9.17) is 0 Å². The van der Waals surface area contributed by atoms with Crippen LogP contribution in [0.25, 0.3) is 0 Å². The molecular formula is C22H22. The van der Waals surface area contributed by atoms with Gasteiger partial charge in [-0.25, -0.2) is 0 Å². The molecular weight excluding hydrogens is 264 g/mol. The summed E-state index contributed by atoms with van der Waals surface area (Å²) in [6.07, 6.45) is 3.39. The molecule has 0 aromatic carbocycles. The molecule has 0 bridgehead atoms. The van der Waals surface area contributed by atoms with Crippen molar-refractivity contribution in [2.75, 3.05) is 0 Å². The van der Waals surface area contributed by atoms with Gasteiger partial charge in [-0.1, -0.05) is 0 Å². The Balaban J connectivity index is 0.986. The lowest BCUT2D eigenvalue weighted by atomic mass is 9.13. The SMILES string of the molecule is C1C2C1C1C2C2C1C1C2C2C1C1C2C2C1C13C4C5CC5C41C23. The molecule has 0 nitrogen and oxygen atoms in total. The summed E-state index contributed by atoms with van der Waals surface area (Å²) in [5.74, 6) is 23.9. The Morgan fingerprint density at radius 1 is 0.455 bits per heavy atom. The van der Waals surface area contributed by atoms with Gasteiger partial charge < -0.3 is 0 Å². The molecule has 0 heterocycles. The first-order valence-corrected chi connectivity index (χ1v) is 10.9. The van der Waals surface area contributed by atoms with Crippen LogP contribution in [0.15, 0.2) is 0 Å². The minimum atomic E-state index is 1.10. The third kappa shape index (κ3) is 0.408. The predicted octanol–water partition coefficient (Wildman–Crippen LogP) is 2.99. The number of rotatable bonds is 0. The first-order valence-electron chi connectivity index (χ1n) is 10.9. The van der Waals surface area contributed by atoms with Gasteiger partial charge in [0.2, 0.25) is 0 Å². The second-order valence-electron chi connectivity index (χ2n) is 12.8. The van der Waals surface area contributed by atoms with Gasteiger partial charge in [0.05, 0.1) is 0 Å². The van der Waals surface area contributed by atoms with Crippen LogP contribution in [0.4, 0.5) is 0 Å². The van der Waals surface area contributed by atoms with Gasteiger partial charge in [0, 0.05) is 0 Å². The van der Waals surface area contributed by atoms with Gasteiger partial charge in [-0.2, -0.15) is 0 Å². The second kappa shape index (κ2) is 1.82. The van der Waals surface area contributed by atoms with Crippen molar-refractivity contribution in [3.05, 3.63) is 0 Å². The average Bonchev–Trinajstić information content (AvgIpc) is 3.32. The van der Waals surface area contributed by atoms with Crippen LogP contribution >= 0.6 is 0 Å². The lowest BCUT2D eigenvalue weighted by Crippen LogP contribution is -2.89. The summed E-state index contributed by atoms with van der Waals surface area (Å²) in [4.78, 5) is 0. The Morgan fingerprint density at radius 2 is 1.09 bits per heavy atom. The van der Waals surface area contributed by atoms with Crippen LogP contribution in [0.3, 0.4) is 0 Å². The van der Waals surface area contributed by atoms with Crippen LogP contribution in [-0.4, -0.2) is 0 Å². The van der Waals surface area contributed by atoms with Gasteiger partial charge in [0.15, 0.2) is 0 Å². The van der Waals surface area contributed by atoms with Crippen molar-refractivity contribution in [3.63, 3.8) is 0 Å². The standard InChI is InChI=1S/C22H22/c1-3-4(1)8-7(3)9-10(8)12-11(9)13-14(12)16-15(13)17-18(16)22-19-5-2-6(5)21(19,22)20(17)22/h3-20H,1-2H2. The molecule has 0 amide bonds. The largest absolute Gasteiger partial charge is 0.0465 e. The first kappa shape index (κ1) is 8.91. The van der Waals surface area contributed by atoms with E-state index in [9.17, 15) is 0 Å². The quantitative estimate of drug-likeness (QED) is 0.601. The van der Waals surface area contributed by atoms with E-state index in [1.54, 1.807) is 12.8 Å². The molecule has 0 radical (unpaired) electrons. The third-order valence-electron chi connectivity index (χ3n) is 14.4. The fraction of sp³-hybridized carbons (Fsp3) is 1.00. The lowest BCUT2D eigenvalue weighted by Gasteiger charge is -2.92. The highest BCUT2D eigenvalue weighted by molar-refractivity contribution is 5.64. The van der Waals surface area contributed by atoms with Crippen molar-refractivity contribution in [2.45, 2.75) is 12.8 Å². The molecule has 12 fully saturated rings. The maximum absolute atomic E-state index is 1.70. The molecule has 0 heteroatoms. The molecule has 110 valence electrons. The van der Waals surface area contributed by atoms with Crippen molar-refractivity contribution in [1.82, 2.24) is 0 Å². The zero-order valence-electron chi connectivity index (χ0n) is 12.8. The van der Waals surface area contributed by atoms with E-state index < -0.39 is 0 Å². The number of hydrogen-bond acceptors (Lipinski definition) is 0. The molecule has 12 rings (SSSR count). The number of fused-ring (bicyclic) bond motifs is 22. The second-order valence-corrected chi connectivity index (χ2v) is 12.8. The van der Waals surface area contributed by atoms with Gasteiger partial charge in [0.25, 0.3) is 0 Å². The molecule has 12 saturated carbocycles. The minimum Gasteiger partial charge on any atom is -0.0465 e. The van der Waals surface area contributed by atoms with Gasteiger partial charge in [-0.15, -0.1) is 0 Å². The van der Waals surface area contributed by atoms with E-state index in [-0.39, 0.29) is 0 Å². The summed E-state index contributed by atoms with van der Waals surface area (Å²) >= 11 is 0. The van der Waals surface area contributed by atoms with E-state index >= 15 is 0 Å². The molecule has 2 spiro atoms. The maximum Gasteiger partial charge on any atom is -0.0125 e. The minimum absolute atomic E-state index is 1.10. The zero-order valence-corrected chi connectivity index (χ0v) is 12.8. The summed E-state index contributed by atoms with van der Waals surface area (Å²) < 4.78 is 0. The third-order valence-corrected chi connectivity index (χ3v) is 14.4. The van der Waals surface area contributed by atoms with Crippen LogP contribution in [0.5, 0.6) is 0 Å². The Bertz CT molecular complexity index is 822. The molecule has 0 saturated heterocycles. The molecule has 12 aliphatic rings. The summed E-state index contributed by atoms with van der Waals surface area (Å²) in [6.45, 7) is 0. The molecule has 12 aliphatic carbocycles. The molecule has 0 aromatic heterocycles. The Kier molecular flexibility index (Phi) is 0.736. The van der Waals surface area contributed by atoms with Gasteiger partial charge in [-0.3, -0.25) is 0 Å². The van der Waals surface area contributed by atoms with Crippen LogP contribution in [0.1, 0.15) is 12.8 Å². The molecule has 0 aromatic rings. The smallest absolute Gasteiger partial charge is 0.0125 e. The van der Waals surface area contributed by atoms with Crippen LogP contribution < -0.4 is 0 Å². The monoisotopic (exact) mass is 286 g/mol. The summed E-state index contributed by atoms with van der Waals surface area (Å²) in [5.41, 5.74) is 2.20. The fourth-order valence-corrected chi connectivity index (χ4v) is 14.8. The zero-order chi connectivity index (χ0) is 12.8. The van der Waals surface area contributed by atoms with Crippen molar-refractivity contribution < 1.29 is 0 Å². The van der Waals surface area contributed by atoms with E-state index in [1.165, 1.54) is 107 Å². The molecule has 0 aliphatic heterocycles. The van der Waals surface area contributed by atoms with Crippen molar-refractivity contribution in [1.29, 1.82) is 0 Å². The Labute approximate surface area is 130 Å². The van der Waals surface area contributed by atoms with Gasteiger partial charge in [0.1, 0.15) is 0 Å². The molecule has 0 N–H and O–H groups in total. The average molecular weight is 286 g/mol. The van der Waals surface area contributed by atoms with Gasteiger partial charge >= 0.3 is 0 Å². The van der Waals surface area contributed by atoms with Gasteiger partial charge in [-0.05, 0) is 130 Å². The highest BCUT2D eigenvalue weighted by Crippen LogP contribution is 3.21. The molecule has 20 unspecified atom stereocenters. The lowest BCUT2D eigenvalue weighted by molar-refractivity contribution is -0.453. The Hall–Kier alpha value is 0. The van der Waals surface area contributed by atoms with Crippen molar-refractivity contribution in [3.8, 4) is 0 Å². The summed E-state index contributed by atoms with van der Waals surface area (Å²) in [5, 5.41) is 0. The van der Waals surface area contributed by atoms with E-state index in [0.29, 0.717) is 0 Å². The van der Waals surface area contributed by atoms with Crippen LogP contribution in [0, 0.1) is 117 Å². The normalized spacial score (nSPS) is 108. The fourth-order valence-electron chi connectivity index (χ4n) is 14.8. The maximum atomic E-state index is 1.70. The summed E-state index contributed by atoms with van der Waals surface area (Å²) in [7, 11) is 0. The van der Waals surface area contributed by atoms with E-state index in [1.807, 2.05) is 0 Å². The predicted molar refractivity (Wildman–Crippen MR) is 76.9 cm³/mol. The van der Waals surface area contributed by atoms with E-state index in [2.05, 4.69) is 0 Å². The van der Waals surface area contributed by atoms with Crippen LogP contribution in [0.2, 0.25) is 0 Å². The highest BCUT2D eigenvalue weighted by Gasteiger charge is 3.18. The highest BCUT2D eigenvalue weighted by atomic mass is 15.2. The van der Waals surface area contributed by atoms with E-state index in [0.717, 1.165) is 10.8 Å². The molecule has 22 heavy (non-hydrogen) atoms. The van der Waals surface area contributed by atoms with Crippen LogP contribution in [-0.2, 0) is 0 Å². The number of hydrogen-bond donors (Lipinski definition) is 0. The topological polar surface area (TPSA) is 0 Å².